The van der Waals surface area contributed by atoms with Gasteiger partial charge < -0.3 is 9.64 Å². The molecule has 0 spiro atoms. The van der Waals surface area contributed by atoms with Gasteiger partial charge in [0.05, 0.1) is 24.2 Å². The monoisotopic (exact) mass is 475 g/mol. The second-order valence-corrected chi connectivity index (χ2v) is 9.80. The Morgan fingerprint density at radius 1 is 1.16 bits per heavy atom. The lowest BCUT2D eigenvalue weighted by Gasteiger charge is -2.35. The van der Waals surface area contributed by atoms with Crippen molar-refractivity contribution in [2.75, 3.05) is 37.7 Å². The van der Waals surface area contributed by atoms with Crippen LogP contribution < -0.4 is 4.90 Å². The van der Waals surface area contributed by atoms with Crippen LogP contribution in [-0.2, 0) is 18.0 Å². The number of hydrogen-bond acceptors (Lipinski definition) is 6. The van der Waals surface area contributed by atoms with Crippen LogP contribution in [0.4, 0.5) is 5.69 Å². The van der Waals surface area contributed by atoms with Crippen LogP contribution in [0.25, 0.3) is 10.7 Å². The van der Waals surface area contributed by atoms with Crippen molar-refractivity contribution >= 4 is 40.8 Å². The van der Waals surface area contributed by atoms with Gasteiger partial charge in [-0.15, -0.1) is 16.4 Å². The maximum absolute atomic E-state index is 6.17. The van der Waals surface area contributed by atoms with E-state index in [-0.39, 0.29) is 6.10 Å². The van der Waals surface area contributed by atoms with E-state index >= 15 is 0 Å². The van der Waals surface area contributed by atoms with Gasteiger partial charge in [-0.05, 0) is 54.7 Å². The Bertz CT molecular complexity index is 1070. The highest BCUT2D eigenvalue weighted by Gasteiger charge is 2.23. The zero-order valence-electron chi connectivity index (χ0n) is 17.3. The number of anilines is 1. The van der Waals surface area contributed by atoms with Crippen molar-refractivity contribution < 1.29 is 4.74 Å². The average molecular weight is 476 g/mol. The number of halogens is 1. The fourth-order valence-corrected chi connectivity index (χ4v) is 5.45. The van der Waals surface area contributed by atoms with Crippen molar-refractivity contribution in [1.29, 1.82) is 0 Å². The summed E-state index contributed by atoms with van der Waals surface area (Å²) in [6.07, 6.45) is 2.43. The molecule has 0 amide bonds. The van der Waals surface area contributed by atoms with Crippen molar-refractivity contribution in [3.63, 3.8) is 0 Å². The Balaban J connectivity index is 1.31. The Kier molecular flexibility index (Phi) is 6.43. The standard InChI is InChI=1S/C22H26ClN5OS2/c23-17-4-1-5-18(14-17)26-10-8-25(9-11-26)16-28-22(30)27(15-19-6-2-12-29-19)21(24-28)20-7-3-13-31-20/h1,3-5,7,13-14,19H,2,6,8-12,15-16H2/t19-/m0/s1. The van der Waals surface area contributed by atoms with Crippen LogP contribution in [0.15, 0.2) is 41.8 Å². The zero-order valence-corrected chi connectivity index (χ0v) is 19.7. The molecular weight excluding hydrogens is 450 g/mol. The second-order valence-electron chi connectivity index (χ2n) is 8.06. The molecular formula is C22H26ClN5OS2. The van der Waals surface area contributed by atoms with Crippen LogP contribution in [0, 0.1) is 4.77 Å². The summed E-state index contributed by atoms with van der Waals surface area (Å²) >= 11 is 13.7. The Morgan fingerprint density at radius 2 is 2.03 bits per heavy atom. The summed E-state index contributed by atoms with van der Waals surface area (Å²) in [5.41, 5.74) is 1.18. The predicted octanol–water partition coefficient (Wildman–Crippen LogP) is 4.75. The number of ether oxygens (including phenoxy) is 1. The Hall–Kier alpha value is -1.71. The van der Waals surface area contributed by atoms with Gasteiger partial charge in [0.25, 0.3) is 0 Å². The summed E-state index contributed by atoms with van der Waals surface area (Å²) in [7, 11) is 0. The number of piperazine rings is 1. The van der Waals surface area contributed by atoms with Crippen LogP contribution >= 0.6 is 35.2 Å². The summed E-state index contributed by atoms with van der Waals surface area (Å²) in [5, 5.41) is 7.80. The number of aromatic nitrogens is 3. The summed E-state index contributed by atoms with van der Waals surface area (Å²) in [6, 6.07) is 12.3. The van der Waals surface area contributed by atoms with Crippen LogP contribution in [0.2, 0.25) is 5.02 Å². The molecule has 0 N–H and O–H groups in total. The second kappa shape index (κ2) is 9.42. The molecule has 1 aromatic carbocycles. The molecule has 0 aliphatic carbocycles. The molecule has 4 heterocycles. The molecule has 3 aromatic rings. The van der Waals surface area contributed by atoms with Crippen molar-refractivity contribution in [1.82, 2.24) is 19.2 Å². The lowest BCUT2D eigenvalue weighted by Crippen LogP contribution is -2.47. The van der Waals surface area contributed by atoms with E-state index in [1.54, 1.807) is 11.3 Å². The van der Waals surface area contributed by atoms with Gasteiger partial charge in [0.1, 0.15) is 0 Å². The SMILES string of the molecule is S=c1n(CN2CCN(c3cccc(Cl)c3)CC2)nc(-c2cccs2)n1C[C@@H]1CCCO1. The topological polar surface area (TPSA) is 38.5 Å². The van der Waals surface area contributed by atoms with Crippen molar-refractivity contribution in [2.45, 2.75) is 32.2 Å². The number of benzene rings is 1. The van der Waals surface area contributed by atoms with Crippen molar-refractivity contribution in [2.24, 2.45) is 0 Å². The first-order valence-electron chi connectivity index (χ1n) is 10.7. The molecule has 31 heavy (non-hydrogen) atoms. The molecule has 164 valence electrons. The molecule has 0 saturated carbocycles. The molecule has 2 fully saturated rings. The highest BCUT2D eigenvalue weighted by Crippen LogP contribution is 2.26. The van der Waals surface area contributed by atoms with Crippen LogP contribution in [-0.4, -0.2) is 58.1 Å². The fourth-order valence-electron chi connectivity index (χ4n) is 4.29. The van der Waals surface area contributed by atoms with E-state index in [1.807, 2.05) is 22.9 Å². The van der Waals surface area contributed by atoms with E-state index in [9.17, 15) is 0 Å². The van der Waals surface area contributed by atoms with Gasteiger partial charge in [-0.25, -0.2) is 4.68 Å². The van der Waals surface area contributed by atoms with Gasteiger partial charge >= 0.3 is 0 Å². The zero-order chi connectivity index (χ0) is 21.2. The molecule has 2 saturated heterocycles. The van der Waals surface area contributed by atoms with E-state index in [2.05, 4.69) is 37.9 Å². The van der Waals surface area contributed by atoms with Gasteiger partial charge in [0.2, 0.25) is 0 Å². The number of thiophene rings is 1. The molecule has 0 radical (unpaired) electrons. The summed E-state index contributed by atoms with van der Waals surface area (Å²) in [5.74, 6) is 0.952. The predicted molar refractivity (Wildman–Crippen MR) is 129 cm³/mol. The first kappa shape index (κ1) is 21.2. The molecule has 2 aromatic heterocycles. The molecule has 0 unspecified atom stereocenters. The summed E-state index contributed by atoms with van der Waals surface area (Å²) in [4.78, 5) is 5.95. The minimum absolute atomic E-state index is 0.226. The molecule has 6 nitrogen and oxygen atoms in total. The van der Waals surface area contributed by atoms with Crippen molar-refractivity contribution in [3.8, 4) is 10.7 Å². The molecule has 5 rings (SSSR count). The quantitative estimate of drug-likeness (QED) is 0.481. The highest BCUT2D eigenvalue weighted by atomic mass is 35.5. The molecule has 2 aliphatic heterocycles. The fraction of sp³-hybridized carbons (Fsp3) is 0.455. The van der Waals surface area contributed by atoms with Crippen LogP contribution in [0.1, 0.15) is 12.8 Å². The van der Waals surface area contributed by atoms with E-state index < -0.39 is 0 Å². The van der Waals surface area contributed by atoms with Gasteiger partial charge in [-0.1, -0.05) is 23.7 Å². The van der Waals surface area contributed by atoms with E-state index in [4.69, 9.17) is 33.7 Å². The first-order chi connectivity index (χ1) is 15.2. The summed E-state index contributed by atoms with van der Waals surface area (Å²) in [6.45, 7) is 6.16. The minimum Gasteiger partial charge on any atom is -0.376 e. The van der Waals surface area contributed by atoms with Crippen LogP contribution in [0.3, 0.4) is 0 Å². The third-order valence-corrected chi connectivity index (χ3v) is 7.49. The third kappa shape index (κ3) is 4.73. The lowest BCUT2D eigenvalue weighted by atomic mass is 10.2. The average Bonchev–Trinajstić information content (AvgIpc) is 3.54. The maximum Gasteiger partial charge on any atom is 0.199 e. The number of nitrogens with zero attached hydrogens (tertiary/aromatic N) is 5. The van der Waals surface area contributed by atoms with Crippen molar-refractivity contribution in [3.05, 3.63) is 51.6 Å². The summed E-state index contributed by atoms with van der Waals surface area (Å²) < 4.78 is 10.8. The first-order valence-corrected chi connectivity index (χ1v) is 12.4. The Morgan fingerprint density at radius 3 is 2.74 bits per heavy atom. The van der Waals surface area contributed by atoms with E-state index in [0.717, 1.165) is 72.7 Å². The Labute approximate surface area is 196 Å². The van der Waals surface area contributed by atoms with Gasteiger partial charge in [0, 0.05) is 43.5 Å². The molecule has 2 aliphatic rings. The maximum atomic E-state index is 6.17. The largest absolute Gasteiger partial charge is 0.376 e. The minimum atomic E-state index is 0.226. The lowest BCUT2D eigenvalue weighted by molar-refractivity contribution is 0.0966. The van der Waals surface area contributed by atoms with Crippen LogP contribution in [0.5, 0.6) is 0 Å². The molecule has 9 heteroatoms. The highest BCUT2D eigenvalue weighted by molar-refractivity contribution is 7.71. The van der Waals surface area contributed by atoms with E-state index in [1.165, 1.54) is 5.69 Å². The molecule has 0 bridgehead atoms. The number of hydrogen-bond donors (Lipinski definition) is 0. The smallest absolute Gasteiger partial charge is 0.199 e. The molecule has 1 atom stereocenters. The normalized spacial score (nSPS) is 19.9. The third-order valence-electron chi connectivity index (χ3n) is 5.95. The van der Waals surface area contributed by atoms with Gasteiger partial charge in [-0.3, -0.25) is 9.47 Å². The van der Waals surface area contributed by atoms with Gasteiger partial charge in [-0.2, -0.15) is 0 Å². The van der Waals surface area contributed by atoms with Gasteiger partial charge in [0.15, 0.2) is 10.6 Å². The van der Waals surface area contributed by atoms with E-state index in [0.29, 0.717) is 6.67 Å². The number of rotatable bonds is 6.